The fraction of sp³-hybridized carbons (Fsp3) is 0.261. The summed E-state index contributed by atoms with van der Waals surface area (Å²) in [7, 11) is 0. The molecule has 0 aromatic heterocycles. The number of urea groups is 1. The lowest BCUT2D eigenvalue weighted by Crippen LogP contribution is -2.53. The third-order valence-electron chi connectivity index (χ3n) is 5.42. The Hall–Kier alpha value is -4.61. The summed E-state index contributed by atoms with van der Waals surface area (Å²) in [6.07, 6.45) is -0.762. The molecule has 184 valence electrons. The molecule has 12 heteroatoms. The van der Waals surface area contributed by atoms with Gasteiger partial charge in [0.1, 0.15) is 12.6 Å². The molecule has 0 fully saturated rings. The van der Waals surface area contributed by atoms with Gasteiger partial charge in [-0.1, -0.05) is 48.5 Å². The van der Waals surface area contributed by atoms with E-state index in [0.29, 0.717) is 0 Å². The Morgan fingerprint density at radius 2 is 1.54 bits per heavy atom. The van der Waals surface area contributed by atoms with Gasteiger partial charge in [0.2, 0.25) is 0 Å². The van der Waals surface area contributed by atoms with Gasteiger partial charge in [0.15, 0.2) is 0 Å². The lowest BCUT2D eigenvalue weighted by molar-refractivity contribution is -0.151. The van der Waals surface area contributed by atoms with Crippen molar-refractivity contribution in [3.63, 3.8) is 0 Å². The van der Waals surface area contributed by atoms with Crippen LogP contribution < -0.4 is 27.2 Å². The van der Waals surface area contributed by atoms with Gasteiger partial charge in [-0.25, -0.2) is 19.8 Å². The number of nitrogens with two attached hydrogens (primary N) is 1. The predicted molar refractivity (Wildman–Crippen MR) is 123 cm³/mol. The summed E-state index contributed by atoms with van der Waals surface area (Å²) in [4.78, 5) is 57.7. The maximum atomic E-state index is 12.4. The first-order valence-electron chi connectivity index (χ1n) is 10.8. The quantitative estimate of drug-likeness (QED) is 0.180. The standard InChI is InChI=1S/C23H25N5O7/c24-22(33)25-11-5-10-18(26-20(30)21(31)32)19(29)27-28-23(34)35-12-17-15-8-3-1-6-13(15)14-7-2-4-9-16(14)17/h1-4,6-9,17-18H,5,10-12H2,(H,26,30)(H,27,29)(H,28,34)(H,31,32)(H3,24,25,33). The normalized spacial score (nSPS) is 12.5. The van der Waals surface area contributed by atoms with E-state index in [1.165, 1.54) is 0 Å². The van der Waals surface area contributed by atoms with Crippen molar-refractivity contribution < 1.29 is 33.8 Å². The van der Waals surface area contributed by atoms with E-state index in [4.69, 9.17) is 15.6 Å². The molecular weight excluding hydrogens is 458 g/mol. The summed E-state index contributed by atoms with van der Waals surface area (Å²) < 4.78 is 5.31. The molecule has 1 unspecified atom stereocenters. The largest absolute Gasteiger partial charge is 0.474 e. The molecule has 12 nitrogen and oxygen atoms in total. The van der Waals surface area contributed by atoms with Crippen molar-refractivity contribution in [1.82, 2.24) is 21.5 Å². The molecule has 2 aromatic rings. The van der Waals surface area contributed by atoms with Crippen LogP contribution in [0.25, 0.3) is 11.1 Å². The lowest BCUT2D eigenvalue weighted by atomic mass is 9.98. The molecule has 1 aliphatic carbocycles. The van der Waals surface area contributed by atoms with Crippen LogP contribution in [0.3, 0.4) is 0 Å². The highest BCUT2D eigenvalue weighted by atomic mass is 16.6. The Labute approximate surface area is 200 Å². The average molecular weight is 483 g/mol. The third kappa shape index (κ3) is 6.47. The Morgan fingerprint density at radius 3 is 2.11 bits per heavy atom. The first-order valence-corrected chi connectivity index (χ1v) is 10.8. The second-order valence-electron chi connectivity index (χ2n) is 7.70. The number of rotatable bonds is 8. The van der Waals surface area contributed by atoms with Crippen molar-refractivity contribution in [1.29, 1.82) is 0 Å². The number of amides is 5. The van der Waals surface area contributed by atoms with Gasteiger partial charge >= 0.3 is 24.0 Å². The highest BCUT2D eigenvalue weighted by molar-refractivity contribution is 6.32. The monoisotopic (exact) mass is 483 g/mol. The van der Waals surface area contributed by atoms with E-state index < -0.39 is 35.9 Å². The molecule has 2 aromatic carbocycles. The van der Waals surface area contributed by atoms with Gasteiger partial charge in [-0.15, -0.1) is 0 Å². The summed E-state index contributed by atoms with van der Waals surface area (Å²) in [5.74, 6) is -4.21. The number of primary amides is 1. The smallest absolute Gasteiger partial charge is 0.426 e. The van der Waals surface area contributed by atoms with Crippen LogP contribution in [0.1, 0.15) is 29.9 Å². The highest BCUT2D eigenvalue weighted by Crippen LogP contribution is 2.44. The van der Waals surface area contributed by atoms with Crippen molar-refractivity contribution >= 4 is 29.9 Å². The Balaban J connectivity index is 1.54. The topological polar surface area (TPSA) is 189 Å². The zero-order valence-corrected chi connectivity index (χ0v) is 18.6. The number of hydrogen-bond acceptors (Lipinski definition) is 6. The Kier molecular flexibility index (Phi) is 8.22. The van der Waals surface area contributed by atoms with Crippen molar-refractivity contribution in [3.8, 4) is 11.1 Å². The van der Waals surface area contributed by atoms with Crippen LogP contribution in [0.4, 0.5) is 9.59 Å². The van der Waals surface area contributed by atoms with Gasteiger partial charge < -0.3 is 26.2 Å². The molecule has 0 radical (unpaired) electrons. The van der Waals surface area contributed by atoms with Crippen LogP contribution in [0.2, 0.25) is 0 Å². The van der Waals surface area contributed by atoms with Crippen molar-refractivity contribution in [3.05, 3.63) is 59.7 Å². The van der Waals surface area contributed by atoms with E-state index in [9.17, 15) is 24.0 Å². The molecule has 0 aliphatic heterocycles. The first kappa shape index (κ1) is 25.0. The lowest BCUT2D eigenvalue weighted by Gasteiger charge is -2.18. The summed E-state index contributed by atoms with van der Waals surface area (Å²) in [6, 6.07) is 13.6. The minimum atomic E-state index is -1.78. The van der Waals surface area contributed by atoms with E-state index in [0.717, 1.165) is 22.3 Å². The summed E-state index contributed by atoms with van der Waals surface area (Å²) in [6.45, 7) is 0.121. The highest BCUT2D eigenvalue weighted by Gasteiger charge is 2.29. The molecule has 0 saturated heterocycles. The number of carboxylic acids is 1. The van der Waals surface area contributed by atoms with E-state index in [-0.39, 0.29) is 31.9 Å². The van der Waals surface area contributed by atoms with E-state index in [2.05, 4.69) is 16.2 Å². The minimum absolute atomic E-state index is 0.0215. The number of benzene rings is 2. The number of carbonyl (C=O) groups excluding carboxylic acids is 4. The Bertz CT molecular complexity index is 1090. The van der Waals surface area contributed by atoms with Crippen molar-refractivity contribution in [2.45, 2.75) is 24.8 Å². The predicted octanol–water partition coefficient (Wildman–Crippen LogP) is 0.574. The molecule has 1 atom stereocenters. The molecule has 0 saturated carbocycles. The minimum Gasteiger partial charge on any atom is -0.474 e. The molecule has 1 aliphatic rings. The fourth-order valence-electron chi connectivity index (χ4n) is 3.84. The maximum absolute atomic E-state index is 12.4. The van der Waals surface area contributed by atoms with Crippen molar-refractivity contribution in [2.24, 2.45) is 5.73 Å². The summed E-state index contributed by atoms with van der Waals surface area (Å²) in [5.41, 5.74) is 13.3. The molecular formula is C23H25N5O7. The maximum Gasteiger partial charge on any atom is 0.426 e. The van der Waals surface area contributed by atoms with Gasteiger partial charge in [0.25, 0.3) is 5.91 Å². The Morgan fingerprint density at radius 1 is 0.943 bits per heavy atom. The number of carboxylic acid groups (broad SMARTS) is 1. The number of hydrazine groups is 1. The molecule has 35 heavy (non-hydrogen) atoms. The first-order chi connectivity index (χ1) is 16.8. The van der Waals surface area contributed by atoms with Crippen LogP contribution in [-0.2, 0) is 19.1 Å². The zero-order chi connectivity index (χ0) is 25.4. The van der Waals surface area contributed by atoms with Crippen LogP contribution in [-0.4, -0.2) is 54.2 Å². The van der Waals surface area contributed by atoms with Gasteiger partial charge in [-0.05, 0) is 35.1 Å². The second-order valence-corrected chi connectivity index (χ2v) is 7.70. The number of ether oxygens (including phenoxy) is 1. The van der Waals surface area contributed by atoms with Crippen LogP contribution in [0, 0.1) is 0 Å². The number of fused-ring (bicyclic) bond motifs is 3. The number of nitrogens with one attached hydrogen (secondary N) is 4. The van der Waals surface area contributed by atoms with Gasteiger partial charge in [-0.2, -0.15) is 0 Å². The van der Waals surface area contributed by atoms with E-state index in [1.54, 1.807) is 0 Å². The molecule has 0 bridgehead atoms. The van der Waals surface area contributed by atoms with Crippen LogP contribution in [0.15, 0.2) is 48.5 Å². The van der Waals surface area contributed by atoms with E-state index in [1.807, 2.05) is 53.8 Å². The average Bonchev–Trinajstić information content (AvgIpc) is 3.16. The SMILES string of the molecule is NC(=O)NCCCC(NC(=O)C(=O)O)C(=O)NNC(=O)OCC1c2ccccc2-c2ccccc21. The number of carbonyl (C=O) groups is 5. The number of hydrogen-bond donors (Lipinski definition) is 6. The van der Waals surface area contributed by atoms with Crippen molar-refractivity contribution in [2.75, 3.05) is 13.2 Å². The third-order valence-corrected chi connectivity index (χ3v) is 5.42. The molecule has 5 amide bonds. The molecule has 0 heterocycles. The zero-order valence-electron chi connectivity index (χ0n) is 18.6. The molecule has 3 rings (SSSR count). The second kappa shape index (κ2) is 11.5. The van der Waals surface area contributed by atoms with Gasteiger partial charge in [0, 0.05) is 12.5 Å². The summed E-state index contributed by atoms with van der Waals surface area (Å²) in [5, 5.41) is 13.1. The fourth-order valence-corrected chi connectivity index (χ4v) is 3.84. The summed E-state index contributed by atoms with van der Waals surface area (Å²) >= 11 is 0. The van der Waals surface area contributed by atoms with Crippen LogP contribution in [0.5, 0.6) is 0 Å². The molecule has 7 N–H and O–H groups in total. The molecule has 0 spiro atoms. The van der Waals surface area contributed by atoms with Gasteiger partial charge in [0.05, 0.1) is 0 Å². The van der Waals surface area contributed by atoms with Crippen LogP contribution >= 0.6 is 0 Å². The van der Waals surface area contributed by atoms with Gasteiger partial charge in [-0.3, -0.25) is 15.0 Å². The van der Waals surface area contributed by atoms with E-state index >= 15 is 0 Å². The number of aliphatic carboxylic acids is 1.